The lowest BCUT2D eigenvalue weighted by atomic mass is 10.2. The van der Waals surface area contributed by atoms with Crippen molar-refractivity contribution in [1.82, 2.24) is 0 Å². The van der Waals surface area contributed by atoms with Crippen LogP contribution in [0, 0.1) is 5.92 Å². The highest BCUT2D eigenvalue weighted by Gasteiger charge is 2.16. The quantitative estimate of drug-likeness (QED) is 0.554. The van der Waals surface area contributed by atoms with Crippen molar-refractivity contribution in [3.05, 3.63) is 48.0 Å². The molecule has 0 aliphatic heterocycles. The smallest absolute Gasteiger partial charge is 0.338 e. The standard InChI is InChI=1S/C13H14O2/c14-13(12-6-2-1-3-7-12)15-10-4-5-11-8-9-11/h1-7,11H,8-10H2/b5-4-. The van der Waals surface area contributed by atoms with Gasteiger partial charge >= 0.3 is 5.97 Å². The Balaban J connectivity index is 1.77. The lowest BCUT2D eigenvalue weighted by Gasteiger charge is -2.00. The molecule has 0 heterocycles. The Morgan fingerprint density at radius 2 is 2.07 bits per heavy atom. The molecule has 1 aromatic carbocycles. The molecule has 0 amide bonds. The summed E-state index contributed by atoms with van der Waals surface area (Å²) in [4.78, 5) is 11.4. The van der Waals surface area contributed by atoms with Crippen molar-refractivity contribution in [3.63, 3.8) is 0 Å². The number of esters is 1. The second-order valence-corrected chi connectivity index (χ2v) is 3.73. The van der Waals surface area contributed by atoms with Crippen LogP contribution in [0.4, 0.5) is 0 Å². The van der Waals surface area contributed by atoms with Crippen LogP contribution in [0.3, 0.4) is 0 Å². The second kappa shape index (κ2) is 4.78. The van der Waals surface area contributed by atoms with Crippen molar-refractivity contribution in [2.45, 2.75) is 12.8 Å². The molecule has 0 aromatic heterocycles. The number of rotatable bonds is 4. The molecule has 78 valence electrons. The van der Waals surface area contributed by atoms with E-state index in [0.717, 1.165) is 5.92 Å². The fraction of sp³-hybridized carbons (Fsp3) is 0.308. The molecule has 2 heteroatoms. The fourth-order valence-corrected chi connectivity index (χ4v) is 1.32. The van der Waals surface area contributed by atoms with E-state index in [1.807, 2.05) is 24.3 Å². The number of carbonyl (C=O) groups is 1. The first-order valence-corrected chi connectivity index (χ1v) is 5.25. The lowest BCUT2D eigenvalue weighted by molar-refractivity contribution is 0.0549. The van der Waals surface area contributed by atoms with Gasteiger partial charge in [-0.2, -0.15) is 0 Å². The largest absolute Gasteiger partial charge is 0.458 e. The minimum absolute atomic E-state index is 0.254. The summed E-state index contributed by atoms with van der Waals surface area (Å²) in [6, 6.07) is 9.05. The van der Waals surface area contributed by atoms with Gasteiger partial charge in [-0.05, 0) is 30.9 Å². The Morgan fingerprint density at radius 3 is 2.73 bits per heavy atom. The van der Waals surface area contributed by atoms with Crippen LogP contribution in [0.2, 0.25) is 0 Å². The Labute approximate surface area is 89.6 Å². The number of carbonyl (C=O) groups excluding carboxylic acids is 1. The highest BCUT2D eigenvalue weighted by atomic mass is 16.5. The summed E-state index contributed by atoms with van der Waals surface area (Å²) in [6.45, 7) is 0.379. The first-order chi connectivity index (χ1) is 7.36. The van der Waals surface area contributed by atoms with Crippen LogP contribution in [0.1, 0.15) is 23.2 Å². The van der Waals surface area contributed by atoms with Crippen LogP contribution in [-0.4, -0.2) is 12.6 Å². The fourth-order valence-electron chi connectivity index (χ4n) is 1.32. The van der Waals surface area contributed by atoms with Gasteiger partial charge in [-0.3, -0.25) is 0 Å². The maximum atomic E-state index is 11.4. The molecule has 1 aromatic rings. The van der Waals surface area contributed by atoms with Crippen molar-refractivity contribution in [2.24, 2.45) is 5.92 Å². The van der Waals surface area contributed by atoms with E-state index < -0.39 is 0 Å². The Bertz CT molecular complexity index is 350. The third-order valence-corrected chi connectivity index (χ3v) is 2.35. The van der Waals surface area contributed by atoms with Gasteiger partial charge in [0.2, 0.25) is 0 Å². The van der Waals surface area contributed by atoms with Gasteiger partial charge < -0.3 is 4.74 Å². The topological polar surface area (TPSA) is 26.3 Å². The maximum absolute atomic E-state index is 11.4. The summed E-state index contributed by atoms with van der Waals surface area (Å²) in [7, 11) is 0. The first-order valence-electron chi connectivity index (χ1n) is 5.25. The molecule has 1 saturated carbocycles. The summed E-state index contributed by atoms with van der Waals surface area (Å²) in [5.41, 5.74) is 0.609. The molecule has 15 heavy (non-hydrogen) atoms. The minimum Gasteiger partial charge on any atom is -0.458 e. The number of hydrogen-bond acceptors (Lipinski definition) is 2. The second-order valence-electron chi connectivity index (χ2n) is 3.73. The normalized spacial score (nSPS) is 15.5. The third-order valence-electron chi connectivity index (χ3n) is 2.35. The molecule has 2 rings (SSSR count). The van der Waals surface area contributed by atoms with E-state index in [4.69, 9.17) is 4.74 Å². The van der Waals surface area contributed by atoms with Crippen molar-refractivity contribution in [3.8, 4) is 0 Å². The number of ether oxygens (including phenoxy) is 1. The van der Waals surface area contributed by atoms with Gasteiger partial charge in [0.25, 0.3) is 0 Å². The van der Waals surface area contributed by atoms with Gasteiger partial charge in [0.1, 0.15) is 6.61 Å². The number of allylic oxidation sites excluding steroid dienone is 1. The summed E-state index contributed by atoms with van der Waals surface area (Å²) in [5, 5.41) is 0. The number of hydrogen-bond donors (Lipinski definition) is 0. The van der Waals surface area contributed by atoms with E-state index in [1.54, 1.807) is 12.1 Å². The summed E-state index contributed by atoms with van der Waals surface area (Å²) < 4.78 is 5.08. The highest BCUT2D eigenvalue weighted by molar-refractivity contribution is 5.89. The summed E-state index contributed by atoms with van der Waals surface area (Å²) in [5.74, 6) is 0.483. The first kappa shape index (κ1) is 9.97. The van der Waals surface area contributed by atoms with E-state index in [-0.39, 0.29) is 5.97 Å². The molecule has 0 N–H and O–H groups in total. The zero-order valence-electron chi connectivity index (χ0n) is 8.56. The zero-order valence-corrected chi connectivity index (χ0v) is 8.56. The summed E-state index contributed by atoms with van der Waals surface area (Å²) >= 11 is 0. The molecule has 0 radical (unpaired) electrons. The molecule has 0 unspecified atom stereocenters. The van der Waals surface area contributed by atoms with Crippen LogP contribution in [0.25, 0.3) is 0 Å². The van der Waals surface area contributed by atoms with E-state index in [1.165, 1.54) is 12.8 Å². The monoisotopic (exact) mass is 202 g/mol. The van der Waals surface area contributed by atoms with Crippen LogP contribution in [0.5, 0.6) is 0 Å². The van der Waals surface area contributed by atoms with E-state index in [9.17, 15) is 4.79 Å². The van der Waals surface area contributed by atoms with Gasteiger partial charge in [0.05, 0.1) is 5.56 Å². The number of benzene rings is 1. The van der Waals surface area contributed by atoms with Gasteiger partial charge in [-0.25, -0.2) is 4.79 Å². The van der Waals surface area contributed by atoms with Crippen molar-refractivity contribution < 1.29 is 9.53 Å². The van der Waals surface area contributed by atoms with Crippen molar-refractivity contribution in [2.75, 3.05) is 6.61 Å². The molecular weight excluding hydrogens is 188 g/mol. The van der Waals surface area contributed by atoms with Crippen molar-refractivity contribution in [1.29, 1.82) is 0 Å². The summed E-state index contributed by atoms with van der Waals surface area (Å²) in [6.07, 6.45) is 6.61. The van der Waals surface area contributed by atoms with Gasteiger partial charge in [-0.15, -0.1) is 0 Å². The van der Waals surface area contributed by atoms with Crippen LogP contribution < -0.4 is 0 Å². The van der Waals surface area contributed by atoms with Gasteiger partial charge in [0.15, 0.2) is 0 Å². The third kappa shape index (κ3) is 3.24. The average Bonchev–Trinajstić information content (AvgIpc) is 3.09. The minimum atomic E-state index is -0.254. The molecule has 1 aliphatic rings. The lowest BCUT2D eigenvalue weighted by Crippen LogP contribution is -2.04. The molecule has 0 saturated heterocycles. The Kier molecular flexibility index (Phi) is 3.18. The maximum Gasteiger partial charge on any atom is 0.338 e. The molecule has 1 fully saturated rings. The van der Waals surface area contributed by atoms with Gasteiger partial charge in [0, 0.05) is 0 Å². The molecule has 1 aliphatic carbocycles. The van der Waals surface area contributed by atoms with Crippen molar-refractivity contribution >= 4 is 5.97 Å². The molecule has 2 nitrogen and oxygen atoms in total. The average molecular weight is 202 g/mol. The Morgan fingerprint density at radius 1 is 1.33 bits per heavy atom. The SMILES string of the molecule is O=C(OC/C=C\C1CC1)c1ccccc1. The van der Waals surface area contributed by atoms with E-state index in [0.29, 0.717) is 12.2 Å². The molecule has 0 spiro atoms. The predicted octanol–water partition coefficient (Wildman–Crippen LogP) is 2.81. The Hall–Kier alpha value is -1.57. The molecule has 0 atom stereocenters. The van der Waals surface area contributed by atoms with Crippen LogP contribution in [-0.2, 0) is 4.74 Å². The van der Waals surface area contributed by atoms with Crippen LogP contribution in [0.15, 0.2) is 42.5 Å². The predicted molar refractivity (Wildman–Crippen MR) is 58.6 cm³/mol. The van der Waals surface area contributed by atoms with Gasteiger partial charge in [-0.1, -0.05) is 30.4 Å². The molecular formula is C13H14O2. The zero-order chi connectivity index (χ0) is 10.5. The van der Waals surface area contributed by atoms with E-state index in [2.05, 4.69) is 6.08 Å². The molecule has 0 bridgehead atoms. The van der Waals surface area contributed by atoms with E-state index >= 15 is 0 Å². The highest BCUT2D eigenvalue weighted by Crippen LogP contribution is 2.29. The van der Waals surface area contributed by atoms with Crippen LogP contribution >= 0.6 is 0 Å².